The van der Waals surface area contributed by atoms with E-state index in [1.807, 2.05) is 0 Å². The van der Waals surface area contributed by atoms with Crippen molar-refractivity contribution < 1.29 is 9.84 Å². The summed E-state index contributed by atoms with van der Waals surface area (Å²) in [7, 11) is 0. The lowest BCUT2D eigenvalue weighted by Gasteiger charge is -1.99. The van der Waals surface area contributed by atoms with Gasteiger partial charge in [-0.05, 0) is 12.8 Å². The number of aliphatic hydroxyl groups excluding tert-OH is 1. The molecule has 0 aliphatic carbocycles. The molecule has 55 valence electrons. The smallest absolute Gasteiger partial charge is 0.0821 e. The maximum Gasteiger partial charge on any atom is 0.0821 e. The van der Waals surface area contributed by atoms with Gasteiger partial charge in [0.2, 0.25) is 0 Å². The molecule has 0 rings (SSSR count). The molecule has 0 fully saturated rings. The summed E-state index contributed by atoms with van der Waals surface area (Å²) in [4.78, 5) is 0. The lowest BCUT2D eigenvalue weighted by atomic mass is 10.4. The number of hydrogen-bond acceptors (Lipinski definition) is 2. The fourth-order valence-electron chi connectivity index (χ4n) is 0.484. The molecule has 0 spiro atoms. The number of ether oxygens (including phenoxy) is 1. The van der Waals surface area contributed by atoms with E-state index in [2.05, 4.69) is 6.92 Å². The molecule has 2 heteroatoms. The van der Waals surface area contributed by atoms with Crippen LogP contribution in [0.4, 0.5) is 0 Å². The van der Waals surface area contributed by atoms with Crippen molar-refractivity contribution in [1.82, 2.24) is 0 Å². The van der Waals surface area contributed by atoms with Crippen LogP contribution in [0.15, 0.2) is 0 Å². The Kier molecular flexibility index (Phi) is 7.85. The predicted molar refractivity (Wildman–Crippen MR) is 36.6 cm³/mol. The molecular formula is C7H15O2. The molecule has 1 radical (unpaired) electrons. The van der Waals surface area contributed by atoms with E-state index >= 15 is 0 Å². The van der Waals surface area contributed by atoms with Gasteiger partial charge in [-0.3, -0.25) is 0 Å². The molecule has 0 unspecified atom stereocenters. The van der Waals surface area contributed by atoms with Crippen LogP contribution in [0.1, 0.15) is 26.2 Å². The van der Waals surface area contributed by atoms with Gasteiger partial charge in [-0.25, -0.2) is 0 Å². The minimum Gasteiger partial charge on any atom is -0.390 e. The summed E-state index contributed by atoms with van der Waals surface area (Å²) in [6, 6.07) is 0. The molecule has 0 aromatic heterocycles. The minimum absolute atomic E-state index is 0.643. The maximum absolute atomic E-state index is 8.22. The van der Waals surface area contributed by atoms with Crippen molar-refractivity contribution in [3.63, 3.8) is 0 Å². The highest BCUT2D eigenvalue weighted by Crippen LogP contribution is 1.89. The molecule has 0 bridgehead atoms. The zero-order chi connectivity index (χ0) is 6.95. The van der Waals surface area contributed by atoms with Crippen molar-refractivity contribution in [3.05, 3.63) is 6.61 Å². The van der Waals surface area contributed by atoms with Crippen LogP contribution in [-0.2, 0) is 4.74 Å². The Morgan fingerprint density at radius 1 is 1.44 bits per heavy atom. The molecule has 0 heterocycles. The number of hydrogen-bond donors (Lipinski definition) is 1. The molecule has 0 aromatic rings. The standard InChI is InChI=1S/C7H15O2/c1-2-3-6-9-7-4-5-8/h5,8H,2-4,6-7H2,1H3. The van der Waals surface area contributed by atoms with Gasteiger partial charge in [0.05, 0.1) is 6.61 Å². The largest absolute Gasteiger partial charge is 0.390 e. The zero-order valence-corrected chi connectivity index (χ0v) is 5.97. The first kappa shape index (κ1) is 8.92. The van der Waals surface area contributed by atoms with Gasteiger partial charge in [-0.2, -0.15) is 0 Å². The zero-order valence-electron chi connectivity index (χ0n) is 5.97. The van der Waals surface area contributed by atoms with Crippen LogP contribution in [0.2, 0.25) is 0 Å². The average Bonchev–Trinajstić information content (AvgIpc) is 1.89. The highest BCUT2D eigenvalue weighted by Gasteiger charge is 1.85. The average molecular weight is 131 g/mol. The third-order valence-electron chi connectivity index (χ3n) is 1.03. The van der Waals surface area contributed by atoms with E-state index < -0.39 is 0 Å². The highest BCUT2D eigenvalue weighted by atomic mass is 16.5. The van der Waals surface area contributed by atoms with Crippen LogP contribution in [0, 0.1) is 6.61 Å². The Hall–Kier alpha value is -0.0800. The van der Waals surface area contributed by atoms with Crippen LogP contribution in [0.5, 0.6) is 0 Å². The normalized spacial score (nSPS) is 10.0. The van der Waals surface area contributed by atoms with Crippen molar-refractivity contribution in [2.75, 3.05) is 13.2 Å². The van der Waals surface area contributed by atoms with Crippen LogP contribution in [-0.4, -0.2) is 18.3 Å². The Balaban J connectivity index is 2.60. The molecule has 0 saturated carbocycles. The summed E-state index contributed by atoms with van der Waals surface area (Å²) in [5, 5.41) is 8.22. The highest BCUT2D eigenvalue weighted by molar-refractivity contribution is 4.43. The van der Waals surface area contributed by atoms with Crippen molar-refractivity contribution in [1.29, 1.82) is 0 Å². The van der Waals surface area contributed by atoms with E-state index in [1.165, 1.54) is 6.42 Å². The Bertz CT molecular complexity index is 40.2. The van der Waals surface area contributed by atoms with Crippen molar-refractivity contribution >= 4 is 0 Å². The second-order valence-electron chi connectivity index (χ2n) is 1.94. The number of aliphatic hydroxyl groups is 1. The summed E-state index contributed by atoms with van der Waals surface area (Å²) in [5.41, 5.74) is 0. The van der Waals surface area contributed by atoms with Crippen LogP contribution in [0.3, 0.4) is 0 Å². The van der Waals surface area contributed by atoms with E-state index in [-0.39, 0.29) is 0 Å². The van der Waals surface area contributed by atoms with Crippen molar-refractivity contribution in [3.8, 4) is 0 Å². The van der Waals surface area contributed by atoms with Crippen LogP contribution in [0.25, 0.3) is 0 Å². The summed E-state index contributed by atoms with van der Waals surface area (Å²) in [6.07, 6.45) is 2.93. The molecule has 0 aliphatic heterocycles. The van der Waals surface area contributed by atoms with Crippen molar-refractivity contribution in [2.45, 2.75) is 26.2 Å². The third kappa shape index (κ3) is 7.92. The van der Waals surface area contributed by atoms with Gasteiger partial charge >= 0.3 is 0 Å². The molecule has 0 aliphatic rings. The lowest BCUT2D eigenvalue weighted by molar-refractivity contribution is 0.125. The molecule has 0 aromatic carbocycles. The van der Waals surface area contributed by atoms with E-state index in [0.29, 0.717) is 13.0 Å². The van der Waals surface area contributed by atoms with E-state index in [4.69, 9.17) is 9.84 Å². The Labute approximate surface area is 56.8 Å². The molecular weight excluding hydrogens is 116 g/mol. The van der Waals surface area contributed by atoms with E-state index in [9.17, 15) is 0 Å². The molecule has 0 saturated heterocycles. The lowest BCUT2D eigenvalue weighted by Crippen LogP contribution is -1.96. The fourth-order valence-corrected chi connectivity index (χ4v) is 0.484. The van der Waals surface area contributed by atoms with Gasteiger partial charge in [0.1, 0.15) is 0 Å². The number of unbranched alkanes of at least 4 members (excludes halogenated alkanes) is 1. The number of rotatable bonds is 6. The van der Waals surface area contributed by atoms with E-state index in [0.717, 1.165) is 19.6 Å². The van der Waals surface area contributed by atoms with Gasteiger partial charge in [0.25, 0.3) is 0 Å². The molecule has 2 nitrogen and oxygen atoms in total. The summed E-state index contributed by atoms with van der Waals surface area (Å²) >= 11 is 0. The second-order valence-corrected chi connectivity index (χ2v) is 1.94. The first-order chi connectivity index (χ1) is 4.41. The Morgan fingerprint density at radius 2 is 2.22 bits per heavy atom. The summed E-state index contributed by atoms with van der Waals surface area (Å²) < 4.78 is 5.12. The topological polar surface area (TPSA) is 29.5 Å². The SMILES string of the molecule is CCCCOCC[CH]O. The Morgan fingerprint density at radius 3 is 2.78 bits per heavy atom. The maximum atomic E-state index is 8.22. The van der Waals surface area contributed by atoms with E-state index in [1.54, 1.807) is 0 Å². The molecule has 1 N–H and O–H groups in total. The predicted octanol–water partition coefficient (Wildman–Crippen LogP) is 1.73. The summed E-state index contributed by atoms with van der Waals surface area (Å²) in [5.74, 6) is 0. The van der Waals surface area contributed by atoms with Crippen molar-refractivity contribution in [2.24, 2.45) is 0 Å². The van der Waals surface area contributed by atoms with Crippen LogP contribution < -0.4 is 0 Å². The van der Waals surface area contributed by atoms with Crippen LogP contribution >= 0.6 is 0 Å². The fraction of sp³-hybridized carbons (Fsp3) is 0.857. The molecule has 9 heavy (non-hydrogen) atoms. The third-order valence-corrected chi connectivity index (χ3v) is 1.03. The molecule has 0 atom stereocenters. The first-order valence-corrected chi connectivity index (χ1v) is 3.45. The van der Waals surface area contributed by atoms with Gasteiger partial charge in [0.15, 0.2) is 0 Å². The van der Waals surface area contributed by atoms with Gasteiger partial charge < -0.3 is 9.84 Å². The second kappa shape index (κ2) is 7.92. The van der Waals surface area contributed by atoms with Gasteiger partial charge in [-0.1, -0.05) is 13.3 Å². The van der Waals surface area contributed by atoms with Gasteiger partial charge in [-0.15, -0.1) is 0 Å². The quantitative estimate of drug-likeness (QED) is 0.556. The first-order valence-electron chi connectivity index (χ1n) is 3.45. The van der Waals surface area contributed by atoms with Gasteiger partial charge in [0, 0.05) is 13.2 Å². The summed E-state index contributed by atoms with van der Waals surface area (Å²) in [6.45, 7) is 4.73. The minimum atomic E-state index is 0.643. The monoisotopic (exact) mass is 131 g/mol. The molecule has 0 amide bonds.